The maximum absolute atomic E-state index is 11.5. The zero-order chi connectivity index (χ0) is 13.7. The van der Waals surface area contributed by atoms with Crippen LogP contribution >= 0.6 is 11.3 Å². The van der Waals surface area contributed by atoms with Gasteiger partial charge in [-0.25, -0.2) is 9.78 Å². The van der Waals surface area contributed by atoms with E-state index in [2.05, 4.69) is 4.98 Å². The molecule has 1 saturated carbocycles. The normalized spacial score (nSPS) is 18.2. The number of ether oxygens (including phenoxy) is 2. The van der Waals surface area contributed by atoms with E-state index in [4.69, 9.17) is 9.47 Å². The number of rotatable bonds is 5. The predicted octanol–water partition coefficient (Wildman–Crippen LogP) is 3.59. The molecule has 0 saturated heterocycles. The summed E-state index contributed by atoms with van der Waals surface area (Å²) in [6.45, 7) is 2.68. The number of carbonyl (C=O) groups is 1. The fraction of sp³-hybridized carbons (Fsp3) is 0.714. The summed E-state index contributed by atoms with van der Waals surface area (Å²) in [5.74, 6) is 0.159. The second-order valence-corrected chi connectivity index (χ2v) is 5.73. The number of aromatic nitrogens is 1. The van der Waals surface area contributed by atoms with Crippen LogP contribution in [0.25, 0.3) is 0 Å². The number of hydrogen-bond donors (Lipinski definition) is 0. The number of hydrogen-bond acceptors (Lipinski definition) is 5. The van der Waals surface area contributed by atoms with Crippen molar-refractivity contribution in [3.05, 3.63) is 16.1 Å². The lowest BCUT2D eigenvalue weighted by Gasteiger charge is -2.28. The molecule has 1 aliphatic carbocycles. The van der Waals surface area contributed by atoms with E-state index in [1.807, 2.05) is 6.92 Å². The molecule has 0 aromatic carbocycles. The van der Waals surface area contributed by atoms with E-state index in [-0.39, 0.29) is 12.1 Å². The molecule has 1 heterocycles. The average Bonchev–Trinajstić information content (AvgIpc) is 2.94. The minimum absolute atomic E-state index is 0.0358. The second-order valence-electron chi connectivity index (χ2n) is 4.84. The smallest absolute Gasteiger partial charge is 0.357 e. The molecule has 0 amide bonds. The first-order valence-electron chi connectivity index (χ1n) is 6.91. The van der Waals surface area contributed by atoms with Crippen LogP contribution in [0.5, 0.6) is 0 Å². The molecule has 1 unspecified atom stereocenters. The Kier molecular flexibility index (Phi) is 5.34. The van der Waals surface area contributed by atoms with Gasteiger partial charge < -0.3 is 9.47 Å². The molecule has 0 radical (unpaired) electrons. The maximum Gasteiger partial charge on any atom is 0.357 e. The van der Waals surface area contributed by atoms with E-state index in [0.29, 0.717) is 18.2 Å². The van der Waals surface area contributed by atoms with Gasteiger partial charge in [0.25, 0.3) is 0 Å². The molecule has 1 aromatic heterocycles. The molecular weight excluding hydrogens is 262 g/mol. The highest BCUT2D eigenvalue weighted by molar-refractivity contribution is 7.09. The maximum atomic E-state index is 11.5. The monoisotopic (exact) mass is 283 g/mol. The molecule has 1 aromatic rings. The highest BCUT2D eigenvalue weighted by Gasteiger charge is 2.28. The van der Waals surface area contributed by atoms with E-state index in [1.165, 1.54) is 50.6 Å². The van der Waals surface area contributed by atoms with Crippen LogP contribution in [0.15, 0.2) is 5.38 Å². The summed E-state index contributed by atoms with van der Waals surface area (Å²) >= 11 is 1.50. The Morgan fingerprint density at radius 1 is 1.47 bits per heavy atom. The Labute approximate surface area is 118 Å². The number of esters is 1. The highest BCUT2D eigenvalue weighted by Crippen LogP contribution is 2.38. The molecular formula is C14H21NO3S. The Bertz CT molecular complexity index is 413. The van der Waals surface area contributed by atoms with Crippen molar-refractivity contribution in [3.63, 3.8) is 0 Å². The zero-order valence-corrected chi connectivity index (χ0v) is 12.4. The summed E-state index contributed by atoms with van der Waals surface area (Å²) < 4.78 is 10.6. The third kappa shape index (κ3) is 3.54. The standard InChI is InChI=1S/C14H21NO3S/c1-3-18-12(10-7-5-4-6-8-10)13-15-11(9-19-13)14(16)17-2/h9-10,12H,3-8H2,1-2H3. The number of methoxy groups -OCH3 is 1. The van der Waals surface area contributed by atoms with Crippen molar-refractivity contribution in [2.45, 2.75) is 45.1 Å². The number of nitrogens with zero attached hydrogens (tertiary/aromatic N) is 1. The third-order valence-electron chi connectivity index (χ3n) is 3.58. The van der Waals surface area contributed by atoms with E-state index in [0.717, 1.165) is 5.01 Å². The minimum atomic E-state index is -0.374. The van der Waals surface area contributed by atoms with Gasteiger partial charge >= 0.3 is 5.97 Å². The molecule has 0 spiro atoms. The fourth-order valence-electron chi connectivity index (χ4n) is 2.64. The first kappa shape index (κ1) is 14.5. The van der Waals surface area contributed by atoms with Crippen LogP contribution in [-0.4, -0.2) is 24.7 Å². The summed E-state index contributed by atoms with van der Waals surface area (Å²) in [6.07, 6.45) is 6.28. The fourth-order valence-corrected chi connectivity index (χ4v) is 3.57. The Morgan fingerprint density at radius 2 is 2.21 bits per heavy atom. The summed E-state index contributed by atoms with van der Waals surface area (Å²) in [6, 6.07) is 0. The van der Waals surface area contributed by atoms with Gasteiger partial charge in [-0.15, -0.1) is 11.3 Å². The van der Waals surface area contributed by atoms with Crippen molar-refractivity contribution >= 4 is 17.3 Å². The minimum Gasteiger partial charge on any atom is -0.464 e. The predicted molar refractivity (Wildman–Crippen MR) is 74.4 cm³/mol. The molecule has 1 atom stereocenters. The molecule has 4 nitrogen and oxygen atoms in total. The molecule has 5 heteroatoms. The topological polar surface area (TPSA) is 48.4 Å². The van der Waals surface area contributed by atoms with Gasteiger partial charge in [0, 0.05) is 12.0 Å². The van der Waals surface area contributed by atoms with Crippen LogP contribution in [0.4, 0.5) is 0 Å². The number of carbonyl (C=O) groups excluding carboxylic acids is 1. The molecule has 1 fully saturated rings. The first-order chi connectivity index (χ1) is 9.26. The quantitative estimate of drug-likeness (QED) is 0.775. The van der Waals surface area contributed by atoms with Gasteiger partial charge in [-0.2, -0.15) is 0 Å². The van der Waals surface area contributed by atoms with Crippen LogP contribution < -0.4 is 0 Å². The van der Waals surface area contributed by atoms with E-state index in [9.17, 15) is 4.79 Å². The molecule has 2 rings (SSSR count). The summed E-state index contributed by atoms with van der Waals surface area (Å²) in [5.41, 5.74) is 0.392. The van der Waals surface area contributed by atoms with Crippen molar-refractivity contribution in [2.24, 2.45) is 5.92 Å². The van der Waals surface area contributed by atoms with Crippen LogP contribution in [0.1, 0.15) is 60.6 Å². The molecule has 19 heavy (non-hydrogen) atoms. The van der Waals surface area contributed by atoms with Crippen LogP contribution in [-0.2, 0) is 9.47 Å². The van der Waals surface area contributed by atoms with Gasteiger partial charge in [-0.1, -0.05) is 19.3 Å². The average molecular weight is 283 g/mol. The van der Waals surface area contributed by atoms with Gasteiger partial charge in [0.1, 0.15) is 11.1 Å². The van der Waals surface area contributed by atoms with E-state index in [1.54, 1.807) is 5.38 Å². The van der Waals surface area contributed by atoms with Crippen molar-refractivity contribution in [1.82, 2.24) is 4.98 Å². The zero-order valence-electron chi connectivity index (χ0n) is 11.6. The van der Waals surface area contributed by atoms with Gasteiger partial charge in [0.2, 0.25) is 0 Å². The summed E-state index contributed by atoms with van der Waals surface area (Å²) in [5, 5.41) is 2.67. The second kappa shape index (κ2) is 7.01. The van der Waals surface area contributed by atoms with Gasteiger partial charge in [0.15, 0.2) is 5.69 Å². The Morgan fingerprint density at radius 3 is 2.84 bits per heavy atom. The van der Waals surface area contributed by atoms with Crippen molar-refractivity contribution in [2.75, 3.05) is 13.7 Å². The lowest BCUT2D eigenvalue weighted by Crippen LogP contribution is -2.19. The lowest BCUT2D eigenvalue weighted by atomic mass is 9.85. The first-order valence-corrected chi connectivity index (χ1v) is 7.79. The van der Waals surface area contributed by atoms with Gasteiger partial charge in [-0.05, 0) is 25.7 Å². The lowest BCUT2D eigenvalue weighted by molar-refractivity contribution is 0.00537. The highest BCUT2D eigenvalue weighted by atomic mass is 32.1. The SMILES string of the molecule is CCOC(c1nc(C(=O)OC)cs1)C1CCCCC1. The Hall–Kier alpha value is -0.940. The van der Waals surface area contributed by atoms with Crippen molar-refractivity contribution in [1.29, 1.82) is 0 Å². The van der Waals surface area contributed by atoms with Gasteiger partial charge in [-0.3, -0.25) is 0 Å². The largest absolute Gasteiger partial charge is 0.464 e. The molecule has 0 aliphatic heterocycles. The third-order valence-corrected chi connectivity index (χ3v) is 4.49. The number of thiazole rings is 1. The Balaban J connectivity index is 2.13. The van der Waals surface area contributed by atoms with E-state index < -0.39 is 0 Å². The van der Waals surface area contributed by atoms with Crippen LogP contribution in [0.3, 0.4) is 0 Å². The molecule has 0 bridgehead atoms. The van der Waals surface area contributed by atoms with Crippen LogP contribution in [0.2, 0.25) is 0 Å². The van der Waals surface area contributed by atoms with Crippen molar-refractivity contribution in [3.8, 4) is 0 Å². The molecule has 0 N–H and O–H groups in total. The van der Waals surface area contributed by atoms with Gasteiger partial charge in [0.05, 0.1) is 7.11 Å². The van der Waals surface area contributed by atoms with E-state index >= 15 is 0 Å². The summed E-state index contributed by atoms with van der Waals surface area (Å²) in [7, 11) is 1.38. The molecule has 106 valence electrons. The van der Waals surface area contributed by atoms with Crippen molar-refractivity contribution < 1.29 is 14.3 Å². The van der Waals surface area contributed by atoms with Crippen LogP contribution in [0, 0.1) is 5.92 Å². The summed E-state index contributed by atoms with van der Waals surface area (Å²) in [4.78, 5) is 15.9. The molecule has 1 aliphatic rings.